The number of nitrogens with one attached hydrogen (secondary N) is 1. The number of esters is 2. The molecule has 0 saturated heterocycles. The Labute approximate surface area is 168 Å². The number of Topliss-reactive ketones (excluding diaryl/α,β-unsaturated/α-hetero) is 1. The topological polar surface area (TPSA) is 81.7 Å². The Kier molecular flexibility index (Phi) is 5.86. The summed E-state index contributed by atoms with van der Waals surface area (Å²) in [5.41, 5.74) is 2.17. The minimum absolute atomic E-state index is 0.160. The molecule has 1 N–H and O–H groups in total. The zero-order valence-corrected chi connectivity index (χ0v) is 16.9. The molecule has 0 radical (unpaired) electrons. The van der Waals surface area contributed by atoms with Gasteiger partial charge in [0, 0.05) is 22.9 Å². The van der Waals surface area contributed by atoms with Crippen molar-refractivity contribution in [2.45, 2.75) is 33.1 Å². The SMILES string of the molecule is CCOC(=O)C1=C(C)NC2=C(C(=O)C(C(=O)OC)C(C)C2)C1c1cccc(F)c1. The predicted molar refractivity (Wildman–Crippen MR) is 103 cm³/mol. The second-order valence-corrected chi connectivity index (χ2v) is 7.31. The second kappa shape index (κ2) is 8.19. The molecule has 1 aromatic rings. The van der Waals surface area contributed by atoms with Gasteiger partial charge in [-0.15, -0.1) is 0 Å². The van der Waals surface area contributed by atoms with Crippen LogP contribution in [0.5, 0.6) is 0 Å². The lowest BCUT2D eigenvalue weighted by Crippen LogP contribution is -2.43. The van der Waals surface area contributed by atoms with E-state index in [1.807, 2.05) is 6.92 Å². The van der Waals surface area contributed by atoms with Gasteiger partial charge in [0.15, 0.2) is 5.78 Å². The fourth-order valence-corrected chi connectivity index (χ4v) is 4.18. The molecule has 1 heterocycles. The smallest absolute Gasteiger partial charge is 0.336 e. The van der Waals surface area contributed by atoms with Crippen LogP contribution in [0, 0.1) is 17.7 Å². The first-order valence-corrected chi connectivity index (χ1v) is 9.55. The van der Waals surface area contributed by atoms with Crippen LogP contribution in [0.25, 0.3) is 0 Å². The zero-order valence-electron chi connectivity index (χ0n) is 16.9. The van der Waals surface area contributed by atoms with Crippen LogP contribution < -0.4 is 5.32 Å². The number of ether oxygens (including phenoxy) is 2. The number of carbonyl (C=O) groups excluding carboxylic acids is 3. The molecule has 3 atom stereocenters. The van der Waals surface area contributed by atoms with Crippen LogP contribution >= 0.6 is 0 Å². The van der Waals surface area contributed by atoms with Gasteiger partial charge in [0.2, 0.25) is 0 Å². The summed E-state index contributed by atoms with van der Waals surface area (Å²) in [6.07, 6.45) is 0.431. The first kappa shape index (κ1) is 20.8. The van der Waals surface area contributed by atoms with E-state index in [2.05, 4.69) is 5.32 Å². The molecule has 0 spiro atoms. The second-order valence-electron chi connectivity index (χ2n) is 7.31. The molecule has 7 heteroatoms. The van der Waals surface area contributed by atoms with Gasteiger partial charge in [0.1, 0.15) is 11.7 Å². The molecule has 3 rings (SSSR count). The largest absolute Gasteiger partial charge is 0.468 e. The fourth-order valence-electron chi connectivity index (χ4n) is 4.18. The van der Waals surface area contributed by atoms with E-state index in [1.54, 1.807) is 19.9 Å². The molecule has 29 heavy (non-hydrogen) atoms. The Bertz CT molecular complexity index is 933. The van der Waals surface area contributed by atoms with Crippen molar-refractivity contribution in [3.63, 3.8) is 0 Å². The quantitative estimate of drug-likeness (QED) is 0.617. The van der Waals surface area contributed by atoms with Crippen LogP contribution in [0.1, 0.15) is 38.7 Å². The normalized spacial score (nSPS) is 24.0. The van der Waals surface area contributed by atoms with Gasteiger partial charge in [-0.1, -0.05) is 19.1 Å². The van der Waals surface area contributed by atoms with E-state index in [-0.39, 0.29) is 23.7 Å². The van der Waals surface area contributed by atoms with Gasteiger partial charge in [0.05, 0.1) is 19.3 Å². The van der Waals surface area contributed by atoms with Gasteiger partial charge in [-0.2, -0.15) is 0 Å². The molecular formula is C22H24FNO5. The molecule has 0 bridgehead atoms. The van der Waals surface area contributed by atoms with Gasteiger partial charge < -0.3 is 14.8 Å². The van der Waals surface area contributed by atoms with Crippen LogP contribution in [-0.2, 0) is 23.9 Å². The zero-order chi connectivity index (χ0) is 21.3. The molecule has 0 saturated carbocycles. The van der Waals surface area contributed by atoms with Crippen molar-refractivity contribution in [3.8, 4) is 0 Å². The highest BCUT2D eigenvalue weighted by Gasteiger charge is 2.47. The first-order valence-electron chi connectivity index (χ1n) is 9.55. The molecule has 2 aliphatic rings. The van der Waals surface area contributed by atoms with E-state index < -0.39 is 35.4 Å². The predicted octanol–water partition coefficient (Wildman–Crippen LogP) is 3.00. The molecule has 0 aromatic heterocycles. The van der Waals surface area contributed by atoms with Crippen molar-refractivity contribution in [1.29, 1.82) is 0 Å². The number of carbonyl (C=O) groups is 3. The third-order valence-corrected chi connectivity index (χ3v) is 5.42. The Morgan fingerprint density at radius 3 is 2.66 bits per heavy atom. The molecular weight excluding hydrogens is 377 g/mol. The summed E-state index contributed by atoms with van der Waals surface area (Å²) in [6, 6.07) is 5.78. The number of methoxy groups -OCH3 is 1. The standard InChI is InChI=1S/C22H24FNO5/c1-5-29-22(27)17-12(3)24-15-9-11(2)16(21(26)28-4)20(25)19(15)18(17)13-7-6-8-14(23)10-13/h6-8,10-11,16,18,24H,5,9H2,1-4H3. The highest BCUT2D eigenvalue weighted by Crippen LogP contribution is 2.45. The van der Waals surface area contributed by atoms with E-state index in [0.717, 1.165) is 0 Å². The van der Waals surface area contributed by atoms with Gasteiger partial charge in [-0.05, 0) is 43.9 Å². The molecule has 0 fully saturated rings. The third-order valence-electron chi connectivity index (χ3n) is 5.42. The first-order chi connectivity index (χ1) is 13.8. The Morgan fingerprint density at radius 2 is 2.03 bits per heavy atom. The number of benzene rings is 1. The lowest BCUT2D eigenvalue weighted by atomic mass is 9.69. The summed E-state index contributed by atoms with van der Waals surface area (Å²) in [4.78, 5) is 38.5. The maximum absolute atomic E-state index is 14.0. The Morgan fingerprint density at radius 1 is 1.31 bits per heavy atom. The molecule has 3 unspecified atom stereocenters. The average molecular weight is 401 g/mol. The summed E-state index contributed by atoms with van der Waals surface area (Å²) in [7, 11) is 1.24. The summed E-state index contributed by atoms with van der Waals surface area (Å²) in [5.74, 6) is -4.17. The number of ketones is 1. The number of dihydropyridines is 1. The lowest BCUT2D eigenvalue weighted by molar-refractivity contribution is -0.151. The summed E-state index contributed by atoms with van der Waals surface area (Å²) < 4.78 is 24.1. The summed E-state index contributed by atoms with van der Waals surface area (Å²) in [6.45, 7) is 5.38. The maximum Gasteiger partial charge on any atom is 0.336 e. The molecule has 1 aromatic carbocycles. The monoisotopic (exact) mass is 401 g/mol. The van der Waals surface area contributed by atoms with E-state index in [9.17, 15) is 18.8 Å². The van der Waals surface area contributed by atoms with Crippen LogP contribution in [0.3, 0.4) is 0 Å². The lowest BCUT2D eigenvalue weighted by Gasteiger charge is -2.38. The minimum atomic E-state index is -0.974. The number of halogens is 1. The number of rotatable bonds is 4. The van der Waals surface area contributed by atoms with E-state index in [0.29, 0.717) is 23.4 Å². The average Bonchev–Trinajstić information content (AvgIpc) is 2.66. The van der Waals surface area contributed by atoms with Crippen molar-refractivity contribution < 1.29 is 28.2 Å². The van der Waals surface area contributed by atoms with Crippen molar-refractivity contribution in [1.82, 2.24) is 5.32 Å². The van der Waals surface area contributed by atoms with E-state index in [1.165, 1.54) is 25.3 Å². The van der Waals surface area contributed by atoms with Crippen LogP contribution in [0.15, 0.2) is 46.8 Å². The number of hydrogen-bond acceptors (Lipinski definition) is 6. The molecule has 154 valence electrons. The number of hydrogen-bond donors (Lipinski definition) is 1. The molecule has 6 nitrogen and oxygen atoms in total. The number of allylic oxidation sites excluding steroid dienone is 3. The third kappa shape index (κ3) is 3.69. The van der Waals surface area contributed by atoms with E-state index in [4.69, 9.17) is 9.47 Å². The molecule has 1 aliphatic heterocycles. The van der Waals surface area contributed by atoms with Gasteiger partial charge >= 0.3 is 11.9 Å². The van der Waals surface area contributed by atoms with Crippen molar-refractivity contribution in [2.75, 3.05) is 13.7 Å². The van der Waals surface area contributed by atoms with E-state index >= 15 is 0 Å². The van der Waals surface area contributed by atoms with Crippen molar-refractivity contribution in [3.05, 3.63) is 58.2 Å². The van der Waals surface area contributed by atoms with Crippen LogP contribution in [0.4, 0.5) is 4.39 Å². The van der Waals surface area contributed by atoms with Crippen LogP contribution in [-0.4, -0.2) is 31.4 Å². The minimum Gasteiger partial charge on any atom is -0.468 e. The van der Waals surface area contributed by atoms with Crippen molar-refractivity contribution in [2.24, 2.45) is 11.8 Å². The maximum atomic E-state index is 14.0. The van der Waals surface area contributed by atoms with Gasteiger partial charge in [-0.3, -0.25) is 9.59 Å². The fraction of sp³-hybridized carbons (Fsp3) is 0.409. The Balaban J connectivity index is 2.19. The van der Waals surface area contributed by atoms with Gasteiger partial charge in [0.25, 0.3) is 0 Å². The highest BCUT2D eigenvalue weighted by atomic mass is 19.1. The van der Waals surface area contributed by atoms with Gasteiger partial charge in [-0.25, -0.2) is 9.18 Å². The summed E-state index contributed by atoms with van der Waals surface area (Å²) >= 11 is 0. The van der Waals surface area contributed by atoms with Crippen LogP contribution in [0.2, 0.25) is 0 Å². The molecule has 0 amide bonds. The van der Waals surface area contributed by atoms with Crippen molar-refractivity contribution >= 4 is 17.7 Å². The molecule has 1 aliphatic carbocycles. The Hall–Kier alpha value is -2.96. The highest BCUT2D eigenvalue weighted by molar-refractivity contribution is 6.12. The summed E-state index contributed by atoms with van der Waals surface area (Å²) in [5, 5.41) is 3.15.